The van der Waals surface area contributed by atoms with Crippen LogP contribution in [-0.4, -0.2) is 18.2 Å². The summed E-state index contributed by atoms with van der Waals surface area (Å²) in [7, 11) is 0. The van der Waals surface area contributed by atoms with Gasteiger partial charge >= 0.3 is 0 Å². The molecule has 0 spiro atoms. The summed E-state index contributed by atoms with van der Waals surface area (Å²) in [5.41, 5.74) is 6.35. The summed E-state index contributed by atoms with van der Waals surface area (Å²) in [5, 5.41) is 3.28. The number of carbonyl (C=O) groups excluding carboxylic acids is 1. The Hall–Kier alpha value is -1.13. The summed E-state index contributed by atoms with van der Waals surface area (Å²) < 4.78 is 0. The molecule has 5 heteroatoms. The maximum Gasteiger partial charge on any atom is 0.230 e. The van der Waals surface area contributed by atoms with Gasteiger partial charge in [-0.25, -0.2) is 0 Å². The molecule has 1 rings (SSSR count). The van der Waals surface area contributed by atoms with Gasteiger partial charge in [0.05, 0.1) is 5.75 Å². The molecule has 0 heterocycles. The molecule has 0 fully saturated rings. The van der Waals surface area contributed by atoms with Gasteiger partial charge in [-0.2, -0.15) is 0 Å². The number of benzene rings is 1. The highest BCUT2D eigenvalue weighted by atomic mass is 35.5. The van der Waals surface area contributed by atoms with Crippen LogP contribution in [0.5, 0.6) is 0 Å². The highest BCUT2D eigenvalue weighted by molar-refractivity contribution is 8.00. The third-order valence-corrected chi connectivity index (χ3v) is 3.10. The predicted octanol–water partition coefficient (Wildman–Crippen LogP) is 2.32. The number of rotatable bonds is 5. The molecule has 1 aromatic rings. The van der Waals surface area contributed by atoms with Gasteiger partial charge in [0.15, 0.2) is 0 Å². The Morgan fingerprint density at radius 3 is 3.00 bits per heavy atom. The molecule has 0 unspecified atom stereocenters. The van der Waals surface area contributed by atoms with E-state index in [4.69, 9.17) is 17.3 Å². The molecule has 0 radical (unpaired) electrons. The molecule has 3 N–H and O–H groups in total. The molecule has 0 bridgehead atoms. The lowest BCUT2D eigenvalue weighted by molar-refractivity contribution is -0.118. The maximum atomic E-state index is 11.3. The van der Waals surface area contributed by atoms with Crippen molar-refractivity contribution < 1.29 is 4.79 Å². The minimum absolute atomic E-state index is 0.0424. The molecule has 16 heavy (non-hydrogen) atoms. The SMILES string of the molecule is C=CCNC(=O)CSc1ccc(Cl)cc1N. The summed E-state index contributed by atoms with van der Waals surface area (Å²) in [6, 6.07) is 5.23. The molecule has 0 atom stereocenters. The van der Waals surface area contributed by atoms with Crippen LogP contribution in [0.15, 0.2) is 35.7 Å². The van der Waals surface area contributed by atoms with Crippen molar-refractivity contribution >= 4 is 35.0 Å². The monoisotopic (exact) mass is 256 g/mol. The van der Waals surface area contributed by atoms with Gasteiger partial charge in [0.2, 0.25) is 5.91 Å². The van der Waals surface area contributed by atoms with Crippen molar-refractivity contribution in [3.8, 4) is 0 Å². The van der Waals surface area contributed by atoms with Crippen LogP contribution in [-0.2, 0) is 4.79 Å². The lowest BCUT2D eigenvalue weighted by atomic mass is 10.3. The van der Waals surface area contributed by atoms with Crippen LogP contribution >= 0.6 is 23.4 Å². The van der Waals surface area contributed by atoms with Crippen molar-refractivity contribution in [3.63, 3.8) is 0 Å². The smallest absolute Gasteiger partial charge is 0.230 e. The van der Waals surface area contributed by atoms with E-state index in [2.05, 4.69) is 11.9 Å². The quantitative estimate of drug-likeness (QED) is 0.483. The molecule has 0 aliphatic rings. The van der Waals surface area contributed by atoms with Crippen molar-refractivity contribution in [1.29, 1.82) is 0 Å². The molecule has 86 valence electrons. The van der Waals surface area contributed by atoms with Gasteiger partial charge in [-0.05, 0) is 18.2 Å². The molecular formula is C11H13ClN2OS. The van der Waals surface area contributed by atoms with E-state index in [1.807, 2.05) is 6.07 Å². The van der Waals surface area contributed by atoms with E-state index < -0.39 is 0 Å². The Morgan fingerprint density at radius 2 is 2.38 bits per heavy atom. The second-order valence-corrected chi connectivity index (χ2v) is 4.52. The van der Waals surface area contributed by atoms with Gasteiger partial charge in [0.1, 0.15) is 0 Å². The third-order valence-electron chi connectivity index (χ3n) is 1.77. The number of nitrogens with two attached hydrogens (primary N) is 1. The zero-order chi connectivity index (χ0) is 12.0. The molecule has 1 aromatic carbocycles. The zero-order valence-corrected chi connectivity index (χ0v) is 10.3. The first-order valence-corrected chi connectivity index (χ1v) is 6.05. The average Bonchev–Trinajstić information content (AvgIpc) is 2.25. The molecule has 0 aliphatic carbocycles. The fourth-order valence-electron chi connectivity index (χ4n) is 1.03. The van der Waals surface area contributed by atoms with E-state index in [1.54, 1.807) is 18.2 Å². The summed E-state index contributed by atoms with van der Waals surface area (Å²) in [6.07, 6.45) is 1.64. The normalized spacial score (nSPS) is 9.81. The second kappa shape index (κ2) is 6.45. The zero-order valence-electron chi connectivity index (χ0n) is 8.70. The second-order valence-electron chi connectivity index (χ2n) is 3.06. The van der Waals surface area contributed by atoms with Crippen LogP contribution in [0.1, 0.15) is 0 Å². The van der Waals surface area contributed by atoms with Gasteiger partial charge in [-0.1, -0.05) is 17.7 Å². The van der Waals surface area contributed by atoms with Crippen molar-refractivity contribution in [3.05, 3.63) is 35.9 Å². The fourth-order valence-corrected chi connectivity index (χ4v) is 1.99. The number of hydrogen-bond donors (Lipinski definition) is 2. The minimum atomic E-state index is -0.0424. The summed E-state index contributed by atoms with van der Waals surface area (Å²) in [5.74, 6) is 0.291. The van der Waals surface area contributed by atoms with Crippen LogP contribution in [0.3, 0.4) is 0 Å². The molecule has 0 aliphatic heterocycles. The first kappa shape index (κ1) is 12.9. The van der Waals surface area contributed by atoms with E-state index in [0.29, 0.717) is 23.0 Å². The molecule has 0 saturated heterocycles. The van der Waals surface area contributed by atoms with E-state index in [-0.39, 0.29) is 5.91 Å². The van der Waals surface area contributed by atoms with Gasteiger partial charge in [-0.3, -0.25) is 4.79 Å². The summed E-state index contributed by atoms with van der Waals surface area (Å²) >= 11 is 7.15. The third kappa shape index (κ3) is 4.16. The molecule has 0 aromatic heterocycles. The van der Waals surface area contributed by atoms with Gasteiger partial charge in [0.25, 0.3) is 0 Å². The summed E-state index contributed by atoms with van der Waals surface area (Å²) in [6.45, 7) is 4.00. The van der Waals surface area contributed by atoms with Crippen LogP contribution < -0.4 is 11.1 Å². The van der Waals surface area contributed by atoms with E-state index >= 15 is 0 Å². The van der Waals surface area contributed by atoms with Gasteiger partial charge in [0, 0.05) is 22.2 Å². The number of hydrogen-bond acceptors (Lipinski definition) is 3. The van der Waals surface area contributed by atoms with E-state index in [9.17, 15) is 4.79 Å². The fraction of sp³-hybridized carbons (Fsp3) is 0.182. The van der Waals surface area contributed by atoms with Crippen molar-refractivity contribution in [2.45, 2.75) is 4.90 Å². The number of thioether (sulfide) groups is 1. The lowest BCUT2D eigenvalue weighted by Gasteiger charge is -2.05. The highest BCUT2D eigenvalue weighted by Gasteiger charge is 2.04. The van der Waals surface area contributed by atoms with Crippen LogP contribution in [0.25, 0.3) is 0 Å². The number of nitrogen functional groups attached to an aromatic ring is 1. The van der Waals surface area contributed by atoms with E-state index in [0.717, 1.165) is 4.90 Å². The molecule has 3 nitrogen and oxygen atoms in total. The number of amides is 1. The van der Waals surface area contributed by atoms with Crippen molar-refractivity contribution in [2.75, 3.05) is 18.0 Å². The van der Waals surface area contributed by atoms with Crippen LogP contribution in [0.4, 0.5) is 5.69 Å². The number of anilines is 1. The Labute approximate surface area is 104 Å². The number of halogens is 1. The van der Waals surface area contributed by atoms with Crippen LogP contribution in [0.2, 0.25) is 5.02 Å². The number of carbonyl (C=O) groups is 1. The van der Waals surface area contributed by atoms with Crippen molar-refractivity contribution in [1.82, 2.24) is 5.32 Å². The first-order valence-electron chi connectivity index (χ1n) is 4.69. The predicted molar refractivity (Wildman–Crippen MR) is 69.8 cm³/mol. The summed E-state index contributed by atoms with van der Waals surface area (Å²) in [4.78, 5) is 12.2. The minimum Gasteiger partial charge on any atom is -0.398 e. The number of nitrogens with one attached hydrogen (secondary N) is 1. The van der Waals surface area contributed by atoms with E-state index in [1.165, 1.54) is 11.8 Å². The first-order chi connectivity index (χ1) is 7.63. The largest absolute Gasteiger partial charge is 0.398 e. The standard InChI is InChI=1S/C11H13ClN2OS/c1-2-5-14-11(15)7-16-10-4-3-8(12)6-9(10)13/h2-4,6H,1,5,7,13H2,(H,14,15). The molecule has 0 saturated carbocycles. The Morgan fingerprint density at radius 1 is 1.62 bits per heavy atom. The highest BCUT2D eigenvalue weighted by Crippen LogP contribution is 2.27. The Kier molecular flexibility index (Phi) is 5.22. The topological polar surface area (TPSA) is 55.1 Å². The average molecular weight is 257 g/mol. The lowest BCUT2D eigenvalue weighted by Crippen LogP contribution is -2.24. The molecular weight excluding hydrogens is 244 g/mol. The maximum absolute atomic E-state index is 11.3. The molecule has 1 amide bonds. The van der Waals surface area contributed by atoms with Crippen LogP contribution in [0, 0.1) is 0 Å². The van der Waals surface area contributed by atoms with Crippen molar-refractivity contribution in [2.24, 2.45) is 0 Å². The van der Waals surface area contributed by atoms with Gasteiger partial charge in [-0.15, -0.1) is 18.3 Å². The Balaban J connectivity index is 2.48. The Bertz CT molecular complexity index is 396. The van der Waals surface area contributed by atoms with Gasteiger partial charge < -0.3 is 11.1 Å².